The standard InChI is InChI=1S/C23H20ClNO4.C23H27NO4.C19H27NO4/c1-28-20-13-11-19(12-14-20)25-23(27)22(17-5-3-2-4-6-17)29-21(26)15-16-7-9-18(24)10-8-16;1-27-20-14-12-19(13-15-20)24-23(26)22(18-9-3-2-4-10-18)28-21(25)16-11-17-7-5-6-8-17;1-3-17(24-18(21)13-8-14-6-4-5-7-14)19(22)20-15-9-11-16(23-2)12-10-15/h2-14,22H,15H2,1H3,(H,25,27);2-4,9-10,12-15,17,22H,5-8,11,16H2,1H3,(H,24,26);9-12,14,17H,3-8,13H2,1-2H3,(H,20,22). The van der Waals surface area contributed by atoms with Crippen LogP contribution in [0.3, 0.4) is 0 Å². The third kappa shape index (κ3) is 21.4. The average molecular weight is 1120 g/mol. The van der Waals surface area contributed by atoms with Gasteiger partial charge in [0.25, 0.3) is 17.7 Å². The number of hydrogen-bond donors (Lipinski definition) is 3. The topological polar surface area (TPSA) is 194 Å². The Bertz CT molecular complexity index is 2880. The number of esters is 3. The third-order valence-electron chi connectivity index (χ3n) is 13.9. The van der Waals surface area contributed by atoms with Crippen LogP contribution in [0.2, 0.25) is 5.02 Å². The van der Waals surface area contributed by atoms with E-state index in [0.717, 1.165) is 24.2 Å². The van der Waals surface area contributed by atoms with Crippen LogP contribution < -0.4 is 30.2 Å². The monoisotopic (exact) mass is 1120 g/mol. The van der Waals surface area contributed by atoms with Crippen molar-refractivity contribution in [2.75, 3.05) is 37.3 Å². The Morgan fingerprint density at radius 3 is 1.19 bits per heavy atom. The Labute approximate surface area is 480 Å². The molecule has 428 valence electrons. The molecule has 2 aliphatic rings. The number of methoxy groups -OCH3 is 3. The number of anilines is 3. The Balaban J connectivity index is 0.000000197. The molecule has 0 radical (unpaired) electrons. The number of carbonyl (C=O) groups is 6. The van der Waals surface area contributed by atoms with Gasteiger partial charge in [-0.1, -0.05) is 143 Å². The molecule has 0 spiro atoms. The maximum absolute atomic E-state index is 12.9. The average Bonchev–Trinajstić information content (AvgIpc) is 4.26. The molecule has 0 saturated heterocycles. The molecule has 3 N–H and O–H groups in total. The zero-order valence-corrected chi connectivity index (χ0v) is 47.3. The van der Waals surface area contributed by atoms with E-state index in [1.165, 1.54) is 51.4 Å². The minimum Gasteiger partial charge on any atom is -0.497 e. The molecule has 2 saturated carbocycles. The second-order valence-corrected chi connectivity index (χ2v) is 20.2. The number of ether oxygens (including phenoxy) is 6. The summed E-state index contributed by atoms with van der Waals surface area (Å²) in [5, 5.41) is 8.96. The van der Waals surface area contributed by atoms with Crippen molar-refractivity contribution in [1.29, 1.82) is 0 Å². The van der Waals surface area contributed by atoms with Crippen molar-refractivity contribution in [2.45, 2.75) is 115 Å². The van der Waals surface area contributed by atoms with E-state index in [0.29, 0.717) is 75.8 Å². The lowest BCUT2D eigenvalue weighted by atomic mass is 10.0. The molecule has 0 aliphatic heterocycles. The van der Waals surface area contributed by atoms with Gasteiger partial charge in [-0.25, -0.2) is 0 Å². The lowest BCUT2D eigenvalue weighted by Crippen LogP contribution is -2.32. The Hall–Kier alpha value is -8.17. The maximum atomic E-state index is 12.9. The number of rotatable bonds is 23. The molecule has 0 heterocycles. The summed E-state index contributed by atoms with van der Waals surface area (Å²) < 4.78 is 31.8. The van der Waals surface area contributed by atoms with Gasteiger partial charge in [0.15, 0.2) is 6.10 Å². The summed E-state index contributed by atoms with van der Waals surface area (Å²) in [4.78, 5) is 74.8. The summed E-state index contributed by atoms with van der Waals surface area (Å²) >= 11 is 5.87. The van der Waals surface area contributed by atoms with Crippen LogP contribution in [0.25, 0.3) is 0 Å². The first-order valence-electron chi connectivity index (χ1n) is 27.6. The van der Waals surface area contributed by atoms with Gasteiger partial charge >= 0.3 is 17.9 Å². The predicted octanol–water partition coefficient (Wildman–Crippen LogP) is 13.6. The first-order valence-corrected chi connectivity index (χ1v) is 28.0. The van der Waals surface area contributed by atoms with Crippen LogP contribution in [0.1, 0.15) is 119 Å². The highest BCUT2D eigenvalue weighted by molar-refractivity contribution is 6.30. The number of amides is 3. The van der Waals surface area contributed by atoms with Gasteiger partial charge in [-0.2, -0.15) is 0 Å². The molecule has 16 heteroatoms. The number of hydrogen-bond acceptors (Lipinski definition) is 12. The SMILES string of the molecule is CCC(OC(=O)CCC1CCCC1)C(=O)Nc1ccc(OC)cc1.COc1ccc(NC(=O)C(OC(=O)CCC2CCCC2)c2ccccc2)cc1.COc1ccc(NC(=O)C(OC(=O)Cc2ccc(Cl)cc2)c2ccccc2)cc1. The summed E-state index contributed by atoms with van der Waals surface area (Å²) in [6.07, 6.45) is 9.98. The molecule has 3 atom stereocenters. The van der Waals surface area contributed by atoms with E-state index in [1.54, 1.807) is 155 Å². The highest BCUT2D eigenvalue weighted by atomic mass is 35.5. The zero-order chi connectivity index (χ0) is 57.8. The number of nitrogens with one attached hydrogen (secondary N) is 3. The molecule has 0 bridgehead atoms. The first kappa shape index (κ1) is 62.0. The minimum absolute atomic E-state index is 0.0380. The predicted molar refractivity (Wildman–Crippen MR) is 313 cm³/mol. The molecule has 0 aromatic heterocycles. The van der Waals surface area contributed by atoms with E-state index in [2.05, 4.69) is 16.0 Å². The number of benzene rings is 6. The van der Waals surface area contributed by atoms with Crippen LogP contribution in [-0.4, -0.2) is 63.1 Å². The van der Waals surface area contributed by atoms with Crippen molar-refractivity contribution < 1.29 is 57.2 Å². The van der Waals surface area contributed by atoms with Gasteiger partial charge < -0.3 is 44.4 Å². The molecule has 2 fully saturated rings. The Kier molecular flexibility index (Phi) is 25.6. The van der Waals surface area contributed by atoms with E-state index in [1.807, 2.05) is 31.2 Å². The van der Waals surface area contributed by atoms with E-state index in [4.69, 9.17) is 40.0 Å². The molecule has 3 unspecified atom stereocenters. The van der Waals surface area contributed by atoms with Crippen LogP contribution in [0.5, 0.6) is 17.2 Å². The molecule has 81 heavy (non-hydrogen) atoms. The van der Waals surface area contributed by atoms with Gasteiger partial charge in [-0.15, -0.1) is 0 Å². The summed E-state index contributed by atoms with van der Waals surface area (Å²) in [6, 6.07) is 45.9. The lowest BCUT2D eigenvalue weighted by molar-refractivity contribution is -0.155. The lowest BCUT2D eigenvalue weighted by Gasteiger charge is -2.19. The molecular formula is C65H74ClN3O12. The molecule has 6 aromatic rings. The fraction of sp³-hybridized carbons (Fsp3) is 0.354. The van der Waals surface area contributed by atoms with E-state index < -0.39 is 30.2 Å². The normalized spacial score (nSPS) is 13.9. The largest absolute Gasteiger partial charge is 0.497 e. The summed E-state index contributed by atoms with van der Waals surface area (Å²) in [6.45, 7) is 1.84. The van der Waals surface area contributed by atoms with Crippen molar-refractivity contribution in [2.24, 2.45) is 11.8 Å². The number of carbonyl (C=O) groups excluding carboxylic acids is 6. The Morgan fingerprint density at radius 2 is 0.815 bits per heavy atom. The highest BCUT2D eigenvalue weighted by Gasteiger charge is 2.28. The number of halogens is 1. The fourth-order valence-corrected chi connectivity index (χ4v) is 9.50. The molecule has 8 rings (SSSR count). The van der Waals surface area contributed by atoms with Gasteiger partial charge in [0.05, 0.1) is 27.8 Å². The summed E-state index contributed by atoms with van der Waals surface area (Å²) in [5.41, 5.74) is 3.84. The second kappa shape index (κ2) is 33.4. The third-order valence-corrected chi connectivity index (χ3v) is 14.2. The summed E-state index contributed by atoms with van der Waals surface area (Å²) in [7, 11) is 4.74. The summed E-state index contributed by atoms with van der Waals surface area (Å²) in [5.74, 6) is 1.14. The molecular weight excluding hydrogens is 1050 g/mol. The van der Waals surface area contributed by atoms with Crippen molar-refractivity contribution in [3.05, 3.63) is 179 Å². The van der Waals surface area contributed by atoms with Crippen LogP contribution in [0.4, 0.5) is 17.1 Å². The van der Waals surface area contributed by atoms with Crippen molar-refractivity contribution in [3.8, 4) is 17.2 Å². The van der Waals surface area contributed by atoms with Crippen LogP contribution in [0, 0.1) is 11.8 Å². The second-order valence-electron chi connectivity index (χ2n) is 19.8. The van der Waals surface area contributed by atoms with Gasteiger partial charge in [-0.3, -0.25) is 28.8 Å². The van der Waals surface area contributed by atoms with Crippen LogP contribution in [-0.2, 0) is 49.4 Å². The molecule has 6 aromatic carbocycles. The minimum atomic E-state index is -1.07. The van der Waals surface area contributed by atoms with E-state index in [9.17, 15) is 28.8 Å². The van der Waals surface area contributed by atoms with Gasteiger partial charge in [0.2, 0.25) is 12.2 Å². The van der Waals surface area contributed by atoms with Crippen molar-refractivity contribution in [3.63, 3.8) is 0 Å². The molecule has 15 nitrogen and oxygen atoms in total. The van der Waals surface area contributed by atoms with E-state index in [-0.39, 0.29) is 30.2 Å². The Morgan fingerprint density at radius 1 is 0.457 bits per heavy atom. The van der Waals surface area contributed by atoms with Gasteiger partial charge in [-0.05, 0) is 122 Å². The van der Waals surface area contributed by atoms with Crippen molar-refractivity contribution in [1.82, 2.24) is 0 Å². The quantitative estimate of drug-likeness (QED) is 0.0407. The van der Waals surface area contributed by atoms with Crippen LogP contribution in [0.15, 0.2) is 158 Å². The van der Waals surface area contributed by atoms with Gasteiger partial charge in [0, 0.05) is 46.1 Å². The van der Waals surface area contributed by atoms with Gasteiger partial charge in [0.1, 0.15) is 17.2 Å². The van der Waals surface area contributed by atoms with E-state index >= 15 is 0 Å². The fourth-order valence-electron chi connectivity index (χ4n) is 9.38. The zero-order valence-electron chi connectivity index (χ0n) is 46.6. The maximum Gasteiger partial charge on any atom is 0.311 e. The van der Waals surface area contributed by atoms with Crippen LogP contribution >= 0.6 is 11.6 Å². The first-order chi connectivity index (χ1) is 39.3. The smallest absolute Gasteiger partial charge is 0.311 e. The molecule has 3 amide bonds. The highest BCUT2D eigenvalue weighted by Crippen LogP contribution is 2.31. The van der Waals surface area contributed by atoms with Crippen molar-refractivity contribution >= 4 is 64.3 Å². The molecule has 2 aliphatic carbocycles.